The zero-order valence-corrected chi connectivity index (χ0v) is 8.53. The van der Waals surface area contributed by atoms with Crippen molar-refractivity contribution < 1.29 is 9.90 Å². The Hall–Kier alpha value is -1.32. The van der Waals surface area contributed by atoms with Gasteiger partial charge in [0.05, 0.1) is 0 Å². The molecular weight excluding hydrogens is 168 g/mol. The second-order valence-corrected chi connectivity index (χ2v) is 2.30. The van der Waals surface area contributed by atoms with Gasteiger partial charge in [-0.25, -0.2) is 4.79 Å². The number of hydrogen-bond donors (Lipinski definition) is 1. The number of aromatic nitrogens is 2. The van der Waals surface area contributed by atoms with Gasteiger partial charge in [0, 0.05) is 12.7 Å². The average molecular weight is 184 g/mol. The van der Waals surface area contributed by atoms with Crippen molar-refractivity contribution in [3.8, 4) is 0 Å². The van der Waals surface area contributed by atoms with Gasteiger partial charge in [0.15, 0.2) is 5.69 Å². The van der Waals surface area contributed by atoms with E-state index in [4.69, 9.17) is 5.11 Å². The molecule has 0 spiro atoms. The van der Waals surface area contributed by atoms with Crippen LogP contribution in [-0.4, -0.2) is 20.9 Å². The lowest BCUT2D eigenvalue weighted by Gasteiger charge is -1.92. The van der Waals surface area contributed by atoms with Gasteiger partial charge in [0.1, 0.15) is 0 Å². The molecule has 1 N–H and O–H groups in total. The molecule has 0 aliphatic rings. The van der Waals surface area contributed by atoms with E-state index in [0.29, 0.717) is 0 Å². The Kier molecular flexibility index (Phi) is 4.80. The zero-order chi connectivity index (χ0) is 10.4. The molecule has 1 rings (SSSR count). The summed E-state index contributed by atoms with van der Waals surface area (Å²) in [5, 5.41) is 12.3. The fourth-order valence-corrected chi connectivity index (χ4v) is 0.941. The first-order chi connectivity index (χ1) is 6.15. The molecule has 1 heterocycles. The molecular formula is C9H16N2O2. The first-order valence-electron chi connectivity index (χ1n) is 4.41. The van der Waals surface area contributed by atoms with Gasteiger partial charge in [-0.15, -0.1) is 0 Å². The van der Waals surface area contributed by atoms with E-state index >= 15 is 0 Å². The van der Waals surface area contributed by atoms with Crippen LogP contribution >= 0.6 is 0 Å². The zero-order valence-electron chi connectivity index (χ0n) is 8.53. The smallest absolute Gasteiger partial charge is 0.356 e. The van der Waals surface area contributed by atoms with Crippen molar-refractivity contribution in [2.75, 3.05) is 0 Å². The third-order valence-electron chi connectivity index (χ3n) is 1.56. The molecule has 0 saturated heterocycles. The number of aryl methyl sites for hydroxylation is 2. The van der Waals surface area contributed by atoms with E-state index in [-0.39, 0.29) is 5.69 Å². The molecule has 74 valence electrons. The lowest BCUT2D eigenvalue weighted by molar-refractivity contribution is 0.0689. The maximum absolute atomic E-state index is 10.4. The molecule has 0 bridgehead atoms. The molecule has 4 nitrogen and oxygen atoms in total. The van der Waals surface area contributed by atoms with Crippen LogP contribution in [0.1, 0.15) is 37.0 Å². The van der Waals surface area contributed by atoms with Gasteiger partial charge in [-0.2, -0.15) is 5.10 Å². The molecule has 4 heteroatoms. The van der Waals surface area contributed by atoms with Crippen LogP contribution in [-0.2, 0) is 13.5 Å². The molecule has 0 radical (unpaired) electrons. The van der Waals surface area contributed by atoms with Gasteiger partial charge in [0.25, 0.3) is 0 Å². The minimum absolute atomic E-state index is 0.115. The fourth-order valence-electron chi connectivity index (χ4n) is 0.941. The number of aromatic carboxylic acids is 1. The van der Waals surface area contributed by atoms with Crippen LogP contribution in [0.15, 0.2) is 6.07 Å². The van der Waals surface area contributed by atoms with Crippen LogP contribution in [0, 0.1) is 0 Å². The molecule has 0 amide bonds. The van der Waals surface area contributed by atoms with Gasteiger partial charge in [-0.1, -0.05) is 20.8 Å². The molecule has 1 aromatic heterocycles. The van der Waals surface area contributed by atoms with E-state index in [1.165, 1.54) is 0 Å². The molecule has 0 aliphatic heterocycles. The van der Waals surface area contributed by atoms with E-state index in [2.05, 4.69) is 5.10 Å². The highest BCUT2D eigenvalue weighted by Crippen LogP contribution is 2.02. The Balaban J connectivity index is 0.000000671. The van der Waals surface area contributed by atoms with Crippen molar-refractivity contribution in [3.63, 3.8) is 0 Å². The second kappa shape index (κ2) is 5.35. The Morgan fingerprint density at radius 3 is 2.38 bits per heavy atom. The van der Waals surface area contributed by atoms with Crippen LogP contribution in [0.3, 0.4) is 0 Å². The Morgan fingerprint density at radius 1 is 1.62 bits per heavy atom. The van der Waals surface area contributed by atoms with E-state index in [1.807, 2.05) is 20.8 Å². The first-order valence-corrected chi connectivity index (χ1v) is 4.41. The van der Waals surface area contributed by atoms with E-state index in [1.54, 1.807) is 17.8 Å². The third kappa shape index (κ3) is 2.89. The normalized spacial score (nSPS) is 8.92. The first kappa shape index (κ1) is 11.7. The van der Waals surface area contributed by atoms with Gasteiger partial charge in [0.2, 0.25) is 0 Å². The summed E-state index contributed by atoms with van der Waals surface area (Å²) in [6, 6.07) is 1.59. The van der Waals surface area contributed by atoms with Gasteiger partial charge in [-0.3, -0.25) is 4.68 Å². The van der Waals surface area contributed by atoms with E-state index < -0.39 is 5.97 Å². The summed E-state index contributed by atoms with van der Waals surface area (Å²) in [6.45, 7) is 5.96. The summed E-state index contributed by atoms with van der Waals surface area (Å²) in [5.74, 6) is -0.972. The lowest BCUT2D eigenvalue weighted by atomic mass is 10.3. The van der Waals surface area contributed by atoms with Crippen LogP contribution in [0.2, 0.25) is 0 Å². The van der Waals surface area contributed by atoms with Gasteiger partial charge >= 0.3 is 5.97 Å². The molecule has 1 aromatic rings. The number of nitrogens with zero attached hydrogens (tertiary/aromatic N) is 2. The molecule has 0 aliphatic carbocycles. The maximum Gasteiger partial charge on any atom is 0.356 e. The summed E-state index contributed by atoms with van der Waals surface area (Å²) in [7, 11) is 1.74. The van der Waals surface area contributed by atoms with Crippen LogP contribution in [0.5, 0.6) is 0 Å². The van der Waals surface area contributed by atoms with Crippen molar-refractivity contribution in [2.45, 2.75) is 27.2 Å². The number of hydrogen-bond acceptors (Lipinski definition) is 2. The number of rotatable bonds is 2. The minimum Gasteiger partial charge on any atom is -0.476 e. The van der Waals surface area contributed by atoms with Gasteiger partial charge < -0.3 is 5.11 Å². The molecule has 0 saturated carbocycles. The summed E-state index contributed by atoms with van der Waals surface area (Å²) in [4.78, 5) is 10.4. The Labute approximate surface area is 78.2 Å². The monoisotopic (exact) mass is 184 g/mol. The predicted octanol–water partition coefficient (Wildman–Crippen LogP) is 1.71. The largest absolute Gasteiger partial charge is 0.476 e. The van der Waals surface area contributed by atoms with Crippen LogP contribution in [0.4, 0.5) is 0 Å². The molecule has 0 unspecified atom stereocenters. The highest BCUT2D eigenvalue weighted by atomic mass is 16.4. The van der Waals surface area contributed by atoms with Crippen molar-refractivity contribution in [1.29, 1.82) is 0 Å². The van der Waals surface area contributed by atoms with Crippen molar-refractivity contribution >= 4 is 5.97 Å². The second-order valence-electron chi connectivity index (χ2n) is 2.30. The summed E-state index contributed by atoms with van der Waals surface area (Å²) in [6.07, 6.45) is 0.802. The number of carboxylic acids is 1. The molecule has 0 aromatic carbocycles. The summed E-state index contributed by atoms with van der Waals surface area (Å²) >= 11 is 0. The Morgan fingerprint density at radius 2 is 2.15 bits per heavy atom. The van der Waals surface area contributed by atoms with Crippen molar-refractivity contribution in [1.82, 2.24) is 9.78 Å². The molecule has 0 atom stereocenters. The van der Waals surface area contributed by atoms with Crippen LogP contribution in [0.25, 0.3) is 0 Å². The van der Waals surface area contributed by atoms with Crippen LogP contribution < -0.4 is 0 Å². The number of carbonyl (C=O) groups is 1. The molecule has 13 heavy (non-hydrogen) atoms. The highest BCUT2D eigenvalue weighted by Gasteiger charge is 2.08. The van der Waals surface area contributed by atoms with E-state index in [9.17, 15) is 4.79 Å². The fraction of sp³-hybridized carbons (Fsp3) is 0.556. The average Bonchev–Trinajstić information content (AvgIpc) is 2.50. The van der Waals surface area contributed by atoms with Crippen molar-refractivity contribution in [2.24, 2.45) is 7.05 Å². The topological polar surface area (TPSA) is 55.1 Å². The maximum atomic E-state index is 10.4. The highest BCUT2D eigenvalue weighted by molar-refractivity contribution is 5.85. The quantitative estimate of drug-likeness (QED) is 0.761. The van der Waals surface area contributed by atoms with Gasteiger partial charge in [-0.05, 0) is 12.5 Å². The minimum atomic E-state index is -0.972. The number of carboxylic acid groups (broad SMARTS) is 1. The standard InChI is InChI=1S/C7H10N2O2.C2H6/c1-3-5-4-6(7(10)11)8-9(5)2;1-2/h4H,3H2,1-2H3,(H,10,11);1-2H3. The Bertz CT molecular complexity index is 279. The van der Waals surface area contributed by atoms with E-state index in [0.717, 1.165) is 12.1 Å². The third-order valence-corrected chi connectivity index (χ3v) is 1.56. The molecule has 0 fully saturated rings. The SMILES string of the molecule is CC.CCc1cc(C(=O)O)nn1C. The lowest BCUT2D eigenvalue weighted by Crippen LogP contribution is -1.99. The summed E-state index contributed by atoms with van der Waals surface area (Å²) < 4.78 is 1.59. The van der Waals surface area contributed by atoms with Crippen molar-refractivity contribution in [3.05, 3.63) is 17.5 Å². The predicted molar refractivity (Wildman–Crippen MR) is 50.9 cm³/mol. The summed E-state index contributed by atoms with van der Waals surface area (Å²) in [5.41, 5.74) is 1.05.